The summed E-state index contributed by atoms with van der Waals surface area (Å²) in [5, 5.41) is 19.3. The van der Waals surface area contributed by atoms with Gasteiger partial charge in [-0.15, -0.1) is 0 Å². The van der Waals surface area contributed by atoms with Crippen LogP contribution in [0.1, 0.15) is 33.0 Å². The van der Waals surface area contributed by atoms with Crippen LogP contribution in [0, 0.1) is 6.92 Å². The van der Waals surface area contributed by atoms with Crippen LogP contribution in [0.25, 0.3) is 22.7 Å². The molecular weight excluding hydrogens is 374 g/mol. The van der Waals surface area contributed by atoms with E-state index in [4.69, 9.17) is 14.8 Å². The summed E-state index contributed by atoms with van der Waals surface area (Å²) in [4.78, 5) is 17.6. The maximum absolute atomic E-state index is 9.51. The van der Waals surface area contributed by atoms with Gasteiger partial charge < -0.3 is 24.2 Å². The zero-order valence-corrected chi connectivity index (χ0v) is 17.8. The summed E-state index contributed by atoms with van der Waals surface area (Å²) < 4.78 is 9.84. The topological polar surface area (TPSA) is 114 Å². The van der Waals surface area contributed by atoms with Crippen LogP contribution in [0.2, 0.25) is 0 Å². The zero-order valence-electron chi connectivity index (χ0n) is 17.8. The van der Waals surface area contributed by atoms with Gasteiger partial charge in [0.15, 0.2) is 17.0 Å². The second kappa shape index (κ2) is 8.05. The van der Waals surface area contributed by atoms with Gasteiger partial charge in [0.05, 0.1) is 18.3 Å². The Hall–Kier alpha value is -2.56. The van der Waals surface area contributed by atoms with Crippen molar-refractivity contribution in [2.75, 3.05) is 13.1 Å². The molecule has 1 fully saturated rings. The number of hydrogen-bond donors (Lipinski definition) is 2. The molecule has 1 saturated heterocycles. The second-order valence-electron chi connectivity index (χ2n) is 8.21. The molecule has 1 aliphatic heterocycles. The molecule has 3 aromatic rings. The van der Waals surface area contributed by atoms with E-state index in [0.29, 0.717) is 30.1 Å². The summed E-state index contributed by atoms with van der Waals surface area (Å²) in [5.41, 5.74) is 1.72. The number of nitrogens with zero attached hydrogens (tertiary/aromatic N) is 7. The second-order valence-corrected chi connectivity index (χ2v) is 8.21. The fourth-order valence-corrected chi connectivity index (χ4v) is 2.97. The monoisotopic (exact) mass is 403 g/mol. The van der Waals surface area contributed by atoms with Crippen LogP contribution < -0.4 is 4.74 Å². The van der Waals surface area contributed by atoms with Gasteiger partial charge in [-0.1, -0.05) is 0 Å². The minimum absolute atomic E-state index is 0.0995. The highest BCUT2D eigenvalue weighted by atomic mass is 16.5. The predicted molar refractivity (Wildman–Crippen MR) is 108 cm³/mol. The number of hydrogen-bond acceptors (Lipinski definition) is 8. The van der Waals surface area contributed by atoms with Crippen LogP contribution in [-0.4, -0.2) is 69.2 Å². The highest BCUT2D eigenvalue weighted by Crippen LogP contribution is 2.28. The highest BCUT2D eigenvalue weighted by Gasteiger charge is 2.25. The molecule has 10 heteroatoms. The van der Waals surface area contributed by atoms with Gasteiger partial charge in [0.2, 0.25) is 5.88 Å². The van der Waals surface area contributed by atoms with Gasteiger partial charge in [-0.3, -0.25) is 0 Å². The van der Waals surface area contributed by atoms with Crippen molar-refractivity contribution < 1.29 is 15.1 Å². The lowest BCUT2D eigenvalue weighted by Crippen LogP contribution is -2.22. The maximum Gasteiger partial charge on any atom is 0.245 e. The van der Waals surface area contributed by atoms with Gasteiger partial charge in [-0.05, 0) is 27.7 Å². The predicted octanol–water partition coefficient (Wildman–Crippen LogP) is 1.69. The van der Waals surface area contributed by atoms with E-state index >= 15 is 0 Å². The molecule has 1 unspecified atom stereocenters. The highest BCUT2D eigenvalue weighted by molar-refractivity contribution is 5.80. The number of aryl methyl sites for hydroxylation is 2. The molecule has 0 bridgehead atoms. The molecule has 2 N–H and O–H groups in total. The van der Waals surface area contributed by atoms with Gasteiger partial charge >= 0.3 is 0 Å². The number of fused-ring (bicyclic) bond motifs is 1. The molecule has 0 radical (unpaired) electrons. The van der Waals surface area contributed by atoms with E-state index in [1.807, 2.05) is 30.2 Å². The largest absolute Gasteiger partial charge is 0.471 e. The van der Waals surface area contributed by atoms with Crippen molar-refractivity contribution in [3.63, 3.8) is 0 Å². The number of rotatable bonds is 3. The van der Waals surface area contributed by atoms with Crippen molar-refractivity contribution in [2.24, 2.45) is 14.1 Å². The first-order valence-corrected chi connectivity index (χ1v) is 9.53. The lowest BCUT2D eigenvalue weighted by atomic mass is 10.2. The molecular formula is C19H29N7O3. The number of hydroxylamine groups is 2. The molecule has 10 nitrogen and oxygen atoms in total. The Kier molecular flexibility index (Phi) is 5.87. The van der Waals surface area contributed by atoms with Gasteiger partial charge in [0.25, 0.3) is 0 Å². The quantitative estimate of drug-likeness (QED) is 0.679. The first kappa shape index (κ1) is 21.2. The average Bonchev–Trinajstić information content (AvgIpc) is 3.27. The normalized spacial score (nSPS) is 17.4. The van der Waals surface area contributed by atoms with Crippen molar-refractivity contribution in [3.8, 4) is 17.4 Å². The molecule has 4 heterocycles. The van der Waals surface area contributed by atoms with Gasteiger partial charge in [-0.2, -0.15) is 10.0 Å². The van der Waals surface area contributed by atoms with Crippen LogP contribution in [0.15, 0.2) is 12.5 Å². The minimum Gasteiger partial charge on any atom is -0.471 e. The lowest BCUT2D eigenvalue weighted by Gasteiger charge is -2.11. The molecule has 1 atom stereocenters. The number of ether oxygens (including phenoxy) is 1. The summed E-state index contributed by atoms with van der Waals surface area (Å²) in [6.07, 6.45) is 3.93. The molecule has 4 rings (SSSR count). The zero-order chi connectivity index (χ0) is 21.3. The first-order chi connectivity index (χ1) is 13.5. The Morgan fingerprint density at radius 3 is 2.38 bits per heavy atom. The summed E-state index contributed by atoms with van der Waals surface area (Å²) in [5.74, 6) is 2.11. The molecule has 1 aliphatic rings. The molecule has 0 aliphatic carbocycles. The van der Waals surface area contributed by atoms with E-state index in [2.05, 4.69) is 15.0 Å². The van der Waals surface area contributed by atoms with E-state index in [1.54, 1.807) is 27.0 Å². The van der Waals surface area contributed by atoms with Gasteiger partial charge in [0.1, 0.15) is 23.9 Å². The van der Waals surface area contributed by atoms with Crippen molar-refractivity contribution in [1.82, 2.24) is 34.1 Å². The fourth-order valence-electron chi connectivity index (χ4n) is 2.97. The average molecular weight is 403 g/mol. The molecule has 0 saturated carbocycles. The summed E-state index contributed by atoms with van der Waals surface area (Å²) in [6, 6.07) is 0. The SMILES string of the molecule is CC(C)(C)O.Cc1ncc(-c2nc3c(OC4CCN(O)C4)ncnc3n2C)n1C. The maximum atomic E-state index is 9.51. The van der Waals surface area contributed by atoms with E-state index in [1.165, 1.54) is 11.4 Å². The van der Waals surface area contributed by atoms with Gasteiger partial charge in [0, 0.05) is 27.1 Å². The molecule has 158 valence electrons. The van der Waals surface area contributed by atoms with Crippen molar-refractivity contribution in [1.29, 1.82) is 0 Å². The Morgan fingerprint density at radius 1 is 1.14 bits per heavy atom. The van der Waals surface area contributed by atoms with Crippen LogP contribution in [0.4, 0.5) is 0 Å². The molecule has 0 spiro atoms. The van der Waals surface area contributed by atoms with E-state index < -0.39 is 5.60 Å². The standard InChI is InChI=1S/C15H19N7O2.C4H10O/c1-9-16-6-11(20(9)2)13-19-12-14(21(13)3)17-8-18-15(12)24-10-4-5-22(23)7-10;1-4(2,3)5/h6,8,10,23H,4-5,7H2,1-3H3;5H,1-3H3. The van der Waals surface area contributed by atoms with E-state index in [-0.39, 0.29) is 6.10 Å². The molecule has 29 heavy (non-hydrogen) atoms. The lowest BCUT2D eigenvalue weighted by molar-refractivity contribution is -0.0746. The summed E-state index contributed by atoms with van der Waals surface area (Å²) >= 11 is 0. The van der Waals surface area contributed by atoms with E-state index in [0.717, 1.165) is 23.8 Å². The Morgan fingerprint density at radius 2 is 1.83 bits per heavy atom. The summed E-state index contributed by atoms with van der Waals surface area (Å²) in [6.45, 7) is 8.24. The first-order valence-electron chi connectivity index (χ1n) is 9.53. The third kappa shape index (κ3) is 4.89. The minimum atomic E-state index is -0.500. The number of aromatic nitrogens is 6. The third-order valence-electron chi connectivity index (χ3n) is 4.47. The van der Waals surface area contributed by atoms with Crippen molar-refractivity contribution >= 4 is 11.2 Å². The Bertz CT molecular complexity index is 984. The van der Waals surface area contributed by atoms with Crippen LogP contribution in [-0.2, 0) is 14.1 Å². The summed E-state index contributed by atoms with van der Waals surface area (Å²) in [7, 11) is 3.86. The van der Waals surface area contributed by atoms with Crippen molar-refractivity contribution in [3.05, 3.63) is 18.3 Å². The molecule has 3 aromatic heterocycles. The van der Waals surface area contributed by atoms with Crippen LogP contribution in [0.3, 0.4) is 0 Å². The van der Waals surface area contributed by atoms with Crippen LogP contribution >= 0.6 is 0 Å². The Balaban J connectivity index is 0.000000431. The van der Waals surface area contributed by atoms with Gasteiger partial charge in [-0.25, -0.2) is 15.0 Å². The molecule has 0 aromatic carbocycles. The van der Waals surface area contributed by atoms with Crippen LogP contribution in [0.5, 0.6) is 5.88 Å². The van der Waals surface area contributed by atoms with Crippen molar-refractivity contribution in [2.45, 2.75) is 45.8 Å². The number of imidazole rings is 2. The Labute approximate surface area is 169 Å². The number of aliphatic hydroxyl groups is 1. The smallest absolute Gasteiger partial charge is 0.245 e. The molecule has 0 amide bonds. The third-order valence-corrected chi connectivity index (χ3v) is 4.47. The fraction of sp³-hybridized carbons (Fsp3) is 0.579. The van der Waals surface area contributed by atoms with E-state index in [9.17, 15) is 5.21 Å².